The zero-order chi connectivity index (χ0) is 12.0. The molecular weight excluding hydrogens is 249 g/mol. The van der Waals surface area contributed by atoms with E-state index in [1.165, 1.54) is 14.0 Å². The van der Waals surface area contributed by atoms with E-state index >= 15 is 0 Å². The van der Waals surface area contributed by atoms with Gasteiger partial charge in [0, 0.05) is 0 Å². The van der Waals surface area contributed by atoms with Gasteiger partial charge in [-0.1, -0.05) is 11.6 Å². The Morgan fingerprint density at radius 2 is 1.88 bits per heavy atom. The summed E-state index contributed by atoms with van der Waals surface area (Å²) in [4.78, 5) is 17.1. The minimum absolute atomic E-state index is 0. The quantitative estimate of drug-likeness (QED) is 0.248. The molecule has 0 aliphatic carbocycles. The van der Waals surface area contributed by atoms with Crippen LogP contribution in [-0.2, 0) is 0 Å². The van der Waals surface area contributed by atoms with E-state index < -0.39 is 4.92 Å². The smallest absolute Gasteiger partial charge is 0.857 e. The number of hydrogen-bond donors (Lipinski definition) is 0. The molecule has 0 radical (unpaired) electrons. The van der Waals surface area contributed by atoms with Crippen LogP contribution < -0.4 is 39.4 Å². The van der Waals surface area contributed by atoms with Gasteiger partial charge in [0.25, 0.3) is 0 Å². The van der Waals surface area contributed by atoms with Gasteiger partial charge < -0.3 is 9.84 Å². The fourth-order valence-corrected chi connectivity index (χ4v) is 1.08. The molecule has 84 valence electrons. The molecule has 7 nitrogen and oxygen atoms in total. The van der Waals surface area contributed by atoms with Crippen LogP contribution in [0.15, 0.2) is 0 Å². The fraction of sp³-hybridized carbons (Fsp3) is 0.429. The molecule has 0 fully saturated rings. The van der Waals surface area contributed by atoms with E-state index in [-0.39, 0.29) is 52.1 Å². The van der Waals surface area contributed by atoms with Crippen LogP contribution in [0, 0.1) is 17.0 Å². The van der Waals surface area contributed by atoms with Gasteiger partial charge in [-0.25, -0.2) is 0 Å². The molecule has 0 saturated carbocycles. The number of aryl methyl sites for hydroxylation is 1. The predicted molar refractivity (Wildman–Crippen MR) is 50.9 cm³/mol. The Hall–Kier alpha value is -0.470. The number of hydrogen-bond acceptors (Lipinski definition) is 6. The Morgan fingerprint density at radius 1 is 1.38 bits per heavy atom. The van der Waals surface area contributed by atoms with Crippen molar-refractivity contribution < 1.29 is 44.3 Å². The number of nitro groups is 1. The van der Waals surface area contributed by atoms with Gasteiger partial charge in [0.2, 0.25) is 5.15 Å². The summed E-state index contributed by atoms with van der Waals surface area (Å²) in [7, 11) is 2.11. The summed E-state index contributed by atoms with van der Waals surface area (Å²) in [6.07, 6.45) is 0. The van der Waals surface area contributed by atoms with E-state index in [4.69, 9.17) is 16.7 Å². The van der Waals surface area contributed by atoms with Crippen LogP contribution in [0.2, 0.25) is 5.15 Å². The van der Waals surface area contributed by atoms with Crippen molar-refractivity contribution in [3.8, 4) is 6.01 Å². The van der Waals surface area contributed by atoms with Crippen LogP contribution in [0.5, 0.6) is 6.01 Å². The Kier molecular flexibility index (Phi) is 9.69. The van der Waals surface area contributed by atoms with Crippen molar-refractivity contribution in [2.75, 3.05) is 14.2 Å². The van der Waals surface area contributed by atoms with Crippen LogP contribution in [-0.4, -0.2) is 29.1 Å². The average Bonchev–Trinajstić information content (AvgIpc) is 2.19. The maximum Gasteiger partial charge on any atom is 1.00 e. The van der Waals surface area contributed by atoms with Crippen molar-refractivity contribution in [2.45, 2.75) is 6.92 Å². The van der Waals surface area contributed by atoms with Gasteiger partial charge in [-0.3, -0.25) is 10.1 Å². The van der Waals surface area contributed by atoms with Gasteiger partial charge in [0.1, 0.15) is 5.69 Å². The molecule has 0 amide bonds. The SMILES string of the molecule is COc1nc(C)c([N+](=O)[O-])c(Cl)n1.C[O-].[Na+]. The molecule has 1 aromatic rings. The van der Waals surface area contributed by atoms with Gasteiger partial charge in [-0.2, -0.15) is 17.1 Å². The third-order valence-corrected chi connectivity index (χ3v) is 1.62. The maximum absolute atomic E-state index is 10.4. The van der Waals surface area contributed by atoms with Crippen molar-refractivity contribution in [1.29, 1.82) is 0 Å². The molecule has 0 aliphatic heterocycles. The van der Waals surface area contributed by atoms with E-state index in [0.717, 1.165) is 7.11 Å². The zero-order valence-corrected chi connectivity index (χ0v) is 12.1. The van der Waals surface area contributed by atoms with Crippen LogP contribution in [0.1, 0.15) is 5.69 Å². The van der Waals surface area contributed by atoms with E-state index in [1.54, 1.807) is 0 Å². The minimum atomic E-state index is -0.628. The second-order valence-electron chi connectivity index (χ2n) is 2.19. The first-order chi connectivity index (χ1) is 7.06. The van der Waals surface area contributed by atoms with Crippen molar-refractivity contribution in [2.24, 2.45) is 0 Å². The number of methoxy groups -OCH3 is 1. The first kappa shape index (κ1) is 17.9. The van der Waals surface area contributed by atoms with E-state index in [9.17, 15) is 10.1 Å². The van der Waals surface area contributed by atoms with E-state index in [1.807, 2.05) is 0 Å². The van der Waals surface area contributed by atoms with E-state index in [2.05, 4.69) is 14.7 Å². The molecule has 0 spiro atoms. The minimum Gasteiger partial charge on any atom is -0.857 e. The van der Waals surface area contributed by atoms with E-state index in [0.29, 0.717) is 0 Å². The molecule has 1 rings (SSSR count). The second kappa shape index (κ2) is 8.66. The summed E-state index contributed by atoms with van der Waals surface area (Å²) in [6, 6.07) is 0.0214. The average molecular weight is 258 g/mol. The molecule has 0 saturated heterocycles. The number of nitrogens with zero attached hydrogens (tertiary/aromatic N) is 3. The summed E-state index contributed by atoms with van der Waals surface area (Å²) in [5.41, 5.74) is -0.107. The Balaban J connectivity index is 0. The van der Waals surface area contributed by atoms with Gasteiger partial charge in [0.15, 0.2) is 0 Å². The first-order valence-electron chi connectivity index (χ1n) is 3.69. The van der Waals surface area contributed by atoms with Crippen molar-refractivity contribution in [1.82, 2.24) is 9.97 Å². The molecule has 9 heteroatoms. The van der Waals surface area contributed by atoms with Crippen LogP contribution >= 0.6 is 11.6 Å². The molecule has 0 unspecified atom stereocenters. The van der Waals surface area contributed by atoms with Gasteiger partial charge in [0.05, 0.1) is 12.0 Å². The molecule has 0 bridgehead atoms. The number of aromatic nitrogens is 2. The number of halogens is 1. The standard InChI is InChI=1S/C6H6ClN3O3.CH3O.Na/c1-3-4(10(11)12)5(7)9-6(8-3)13-2;1-2;/h1-2H3;1H3;/q;-1;+1. The fourth-order valence-electron chi connectivity index (χ4n) is 0.806. The third-order valence-electron chi connectivity index (χ3n) is 1.36. The van der Waals surface area contributed by atoms with Crippen molar-refractivity contribution in [3.63, 3.8) is 0 Å². The van der Waals surface area contributed by atoms with Crippen LogP contribution in [0.4, 0.5) is 5.69 Å². The monoisotopic (exact) mass is 257 g/mol. The summed E-state index contributed by atoms with van der Waals surface area (Å²) in [5, 5.41) is 18.5. The molecule has 0 aliphatic rings. The molecule has 16 heavy (non-hydrogen) atoms. The number of rotatable bonds is 2. The Morgan fingerprint density at radius 3 is 2.19 bits per heavy atom. The molecule has 1 aromatic heterocycles. The van der Waals surface area contributed by atoms with Crippen LogP contribution in [0.25, 0.3) is 0 Å². The molecule has 0 aromatic carbocycles. The van der Waals surface area contributed by atoms with Crippen molar-refractivity contribution >= 4 is 17.3 Å². The molecule has 0 atom stereocenters. The summed E-state index contributed by atoms with van der Waals surface area (Å²) in [6.45, 7) is 1.47. The maximum atomic E-state index is 10.4. The largest absolute Gasteiger partial charge is 1.00 e. The Bertz CT molecular complexity index is 340. The molecule has 0 N–H and O–H groups in total. The topological polar surface area (TPSA) is 101 Å². The third kappa shape index (κ3) is 4.58. The van der Waals surface area contributed by atoms with Crippen LogP contribution in [0.3, 0.4) is 0 Å². The summed E-state index contributed by atoms with van der Waals surface area (Å²) < 4.78 is 4.68. The van der Waals surface area contributed by atoms with Gasteiger partial charge in [-0.05, 0) is 6.92 Å². The first-order valence-corrected chi connectivity index (χ1v) is 4.07. The summed E-state index contributed by atoms with van der Waals surface area (Å²) in [5.74, 6) is 0. The molecule has 1 heterocycles. The summed E-state index contributed by atoms with van der Waals surface area (Å²) >= 11 is 5.54. The zero-order valence-electron chi connectivity index (χ0n) is 9.35. The normalized spacial score (nSPS) is 8.31. The predicted octanol–water partition coefficient (Wildman–Crippen LogP) is -2.66. The molecular formula is C7H9ClN3NaO4. The van der Waals surface area contributed by atoms with Crippen molar-refractivity contribution in [3.05, 3.63) is 21.0 Å². The van der Waals surface area contributed by atoms with Gasteiger partial charge >= 0.3 is 41.3 Å². The van der Waals surface area contributed by atoms with Gasteiger partial charge in [-0.15, -0.1) is 0 Å². The number of ether oxygens (including phenoxy) is 1. The second-order valence-corrected chi connectivity index (χ2v) is 2.55. The Labute approximate surface area is 119 Å².